The average molecular weight is 547 g/mol. The second-order valence-electron chi connectivity index (χ2n) is 8.33. The number of ether oxygens (including phenoxy) is 1. The monoisotopic (exact) mass is 547 g/mol. The van der Waals surface area contributed by atoms with E-state index in [0.717, 1.165) is 28.9 Å². The van der Waals surface area contributed by atoms with Gasteiger partial charge in [-0.15, -0.1) is 16.4 Å². The molecule has 0 spiro atoms. The van der Waals surface area contributed by atoms with Crippen LogP contribution in [0.15, 0.2) is 16.7 Å². The van der Waals surface area contributed by atoms with Gasteiger partial charge in [0.15, 0.2) is 5.76 Å². The van der Waals surface area contributed by atoms with E-state index in [2.05, 4.69) is 15.0 Å². The molecular formula is C22H19F6N5O3S. The Kier molecular flexibility index (Phi) is 6.74. The lowest BCUT2D eigenvalue weighted by Gasteiger charge is -2.22. The second kappa shape index (κ2) is 9.40. The number of nitriles is 1. The summed E-state index contributed by atoms with van der Waals surface area (Å²) in [6.45, 7) is 3.57. The molecule has 1 unspecified atom stereocenters. The summed E-state index contributed by atoms with van der Waals surface area (Å²) in [5.41, 5.74) is 0.192. The van der Waals surface area contributed by atoms with E-state index in [4.69, 9.17) is 4.52 Å². The van der Waals surface area contributed by atoms with E-state index in [9.17, 15) is 36.4 Å². The number of alkyl halides is 6. The first-order valence-electron chi connectivity index (χ1n) is 10.9. The molecule has 3 aromatic heterocycles. The molecule has 0 N–H and O–H groups in total. The molecule has 0 bridgehead atoms. The molecule has 0 saturated heterocycles. The van der Waals surface area contributed by atoms with Gasteiger partial charge in [0, 0.05) is 31.3 Å². The minimum atomic E-state index is -5.84. The lowest BCUT2D eigenvalue weighted by molar-refractivity contribution is -0.305. The predicted octanol–water partition coefficient (Wildman–Crippen LogP) is 5.48. The fourth-order valence-corrected chi connectivity index (χ4v) is 4.69. The van der Waals surface area contributed by atoms with Crippen molar-refractivity contribution in [3.8, 4) is 34.0 Å². The maximum atomic E-state index is 13.8. The quantitative estimate of drug-likeness (QED) is 0.347. The lowest BCUT2D eigenvalue weighted by Crippen LogP contribution is -2.45. The highest BCUT2D eigenvalue weighted by Crippen LogP contribution is 2.40. The van der Waals surface area contributed by atoms with Crippen LogP contribution >= 0.6 is 11.3 Å². The average Bonchev–Trinajstić information content (AvgIpc) is 3.25. The smallest absolute Gasteiger partial charge is 0.410 e. The summed E-state index contributed by atoms with van der Waals surface area (Å²) < 4.78 is 88.5. The molecule has 1 amide bonds. The number of aromatic nitrogens is 3. The zero-order chi connectivity index (χ0) is 27.3. The molecule has 0 aliphatic heterocycles. The Hall–Kier alpha value is -3.54. The third kappa shape index (κ3) is 5.02. The number of hydrogen-bond acceptors (Lipinski definition) is 7. The van der Waals surface area contributed by atoms with Gasteiger partial charge >= 0.3 is 12.3 Å². The van der Waals surface area contributed by atoms with Crippen molar-refractivity contribution in [1.82, 2.24) is 19.8 Å². The van der Waals surface area contributed by atoms with Crippen molar-refractivity contribution >= 4 is 17.2 Å². The predicted molar refractivity (Wildman–Crippen MR) is 118 cm³/mol. The number of halogens is 6. The van der Waals surface area contributed by atoms with Gasteiger partial charge in [-0.3, -0.25) is 9.48 Å². The van der Waals surface area contributed by atoms with Crippen LogP contribution in [-0.4, -0.2) is 56.8 Å². The molecule has 4 rings (SSSR count). The molecule has 1 saturated carbocycles. The molecule has 3 aromatic rings. The van der Waals surface area contributed by atoms with Crippen LogP contribution in [-0.2, 0) is 7.05 Å². The molecule has 37 heavy (non-hydrogen) atoms. The highest BCUT2D eigenvalue weighted by Gasteiger charge is 2.59. The van der Waals surface area contributed by atoms with E-state index in [1.54, 1.807) is 4.90 Å². The maximum absolute atomic E-state index is 13.8. The highest BCUT2D eigenvalue weighted by atomic mass is 32.1. The van der Waals surface area contributed by atoms with Crippen LogP contribution in [0.25, 0.3) is 22.0 Å². The summed E-state index contributed by atoms with van der Waals surface area (Å²) in [6, 6.07) is 5.04. The number of amides is 1. The Bertz CT molecular complexity index is 1370. The van der Waals surface area contributed by atoms with Crippen molar-refractivity contribution in [3.05, 3.63) is 28.1 Å². The number of aryl methyl sites for hydroxylation is 1. The highest BCUT2D eigenvalue weighted by molar-refractivity contribution is 7.16. The zero-order valence-electron chi connectivity index (χ0n) is 19.6. The molecule has 1 atom stereocenters. The fourth-order valence-electron chi connectivity index (χ4n) is 3.80. The summed E-state index contributed by atoms with van der Waals surface area (Å²) in [4.78, 5) is 15.2. The van der Waals surface area contributed by atoms with Crippen molar-refractivity contribution < 1.29 is 40.4 Å². The third-order valence-corrected chi connectivity index (χ3v) is 6.76. The van der Waals surface area contributed by atoms with Crippen molar-refractivity contribution in [1.29, 1.82) is 5.26 Å². The Balaban J connectivity index is 1.62. The second-order valence-corrected chi connectivity index (χ2v) is 9.39. The molecule has 8 nitrogen and oxygen atoms in total. The molecule has 198 valence electrons. The number of carbonyl (C=O) groups is 1. The molecule has 15 heteroatoms. The van der Waals surface area contributed by atoms with Crippen molar-refractivity contribution in [2.24, 2.45) is 7.05 Å². The van der Waals surface area contributed by atoms with Gasteiger partial charge in [-0.05, 0) is 32.8 Å². The number of hydrogen-bond donors (Lipinski definition) is 0. The third-order valence-electron chi connectivity index (χ3n) is 5.70. The number of carbonyl (C=O) groups excluding carboxylic acids is 1. The van der Waals surface area contributed by atoms with Gasteiger partial charge in [0.25, 0.3) is 12.1 Å². The van der Waals surface area contributed by atoms with Crippen LogP contribution in [0.1, 0.15) is 40.6 Å². The number of thiophene rings is 1. The molecule has 1 aliphatic carbocycles. The first-order valence-corrected chi connectivity index (χ1v) is 11.7. The summed E-state index contributed by atoms with van der Waals surface area (Å²) >= 11 is 1.000. The molecule has 1 aliphatic rings. The van der Waals surface area contributed by atoms with Gasteiger partial charge in [-0.2, -0.15) is 27.2 Å². The molecule has 3 heterocycles. The summed E-state index contributed by atoms with van der Waals surface area (Å²) in [5.74, 6) is -1.05. The zero-order valence-corrected chi connectivity index (χ0v) is 20.4. The van der Waals surface area contributed by atoms with Gasteiger partial charge in [0.2, 0.25) is 5.88 Å². The van der Waals surface area contributed by atoms with Crippen LogP contribution in [0.4, 0.5) is 26.3 Å². The Morgan fingerprint density at radius 3 is 2.59 bits per heavy atom. The summed E-state index contributed by atoms with van der Waals surface area (Å²) in [6.07, 6.45) is -13.8. The first kappa shape index (κ1) is 26.5. The van der Waals surface area contributed by atoms with Crippen LogP contribution in [0.2, 0.25) is 0 Å². The van der Waals surface area contributed by atoms with E-state index in [1.807, 2.05) is 13.0 Å². The topological polar surface area (TPSA) is 97.2 Å². The van der Waals surface area contributed by atoms with Crippen LogP contribution in [0, 0.1) is 18.3 Å². The van der Waals surface area contributed by atoms with E-state index in [-0.39, 0.29) is 45.1 Å². The standard InChI is InChI=1S/C22H19F6N5O3S/c1-4-33(11-5-6-11)19(34)12-7-15(37-16(12)9-29)14-8-13(31-36-14)17-10(2)18(30-32(17)3)35-22(27,28)20(23)21(24,25)26/h7-8,11,20H,4-6H2,1-3H3. The molecule has 0 aromatic carbocycles. The van der Waals surface area contributed by atoms with E-state index in [1.165, 1.54) is 26.1 Å². The Morgan fingerprint density at radius 2 is 2.03 bits per heavy atom. The van der Waals surface area contributed by atoms with Gasteiger partial charge < -0.3 is 14.2 Å². The van der Waals surface area contributed by atoms with Crippen molar-refractivity contribution in [2.45, 2.75) is 51.2 Å². The first-order chi connectivity index (χ1) is 17.3. The Morgan fingerprint density at radius 1 is 1.35 bits per heavy atom. The van der Waals surface area contributed by atoms with Gasteiger partial charge in [0.05, 0.1) is 16.1 Å². The fraction of sp³-hybridized carbons (Fsp3) is 0.455. The number of nitrogens with zero attached hydrogens (tertiary/aromatic N) is 5. The van der Waals surface area contributed by atoms with Crippen molar-refractivity contribution in [3.63, 3.8) is 0 Å². The van der Waals surface area contributed by atoms with E-state index >= 15 is 0 Å². The molecule has 1 fully saturated rings. The summed E-state index contributed by atoms with van der Waals surface area (Å²) in [7, 11) is 1.30. The van der Waals surface area contributed by atoms with Crippen molar-refractivity contribution in [2.75, 3.05) is 6.54 Å². The minimum absolute atomic E-state index is 0.0567. The number of rotatable bonds is 8. The molecular weight excluding hydrogens is 528 g/mol. The lowest BCUT2D eigenvalue weighted by atomic mass is 10.1. The van der Waals surface area contributed by atoms with Gasteiger partial charge in [0.1, 0.15) is 16.6 Å². The van der Waals surface area contributed by atoms with Gasteiger partial charge in [-0.25, -0.2) is 4.39 Å². The minimum Gasteiger partial charge on any atom is -0.410 e. The normalized spacial score (nSPS) is 14.9. The van der Waals surface area contributed by atoms with E-state index in [0.29, 0.717) is 11.4 Å². The Labute approximate surface area is 210 Å². The van der Waals surface area contributed by atoms with Gasteiger partial charge in [-0.1, -0.05) is 5.16 Å². The van der Waals surface area contributed by atoms with Crippen LogP contribution in [0.5, 0.6) is 5.88 Å². The van der Waals surface area contributed by atoms with E-state index < -0.39 is 24.3 Å². The van der Waals surface area contributed by atoms with Crippen LogP contribution < -0.4 is 4.74 Å². The summed E-state index contributed by atoms with van der Waals surface area (Å²) in [5, 5.41) is 17.0. The van der Waals surface area contributed by atoms with Crippen LogP contribution in [0.3, 0.4) is 0 Å². The SMILES string of the molecule is CCN(C(=O)c1cc(-c2cc(-c3c(C)c(OC(F)(F)C(F)C(F)(F)F)nn3C)no2)sc1C#N)C1CC1. The maximum Gasteiger partial charge on any atom is 0.440 e. The largest absolute Gasteiger partial charge is 0.440 e. The molecule has 0 radical (unpaired) electrons.